The average Bonchev–Trinajstić information content (AvgIpc) is 2.82. The molecular weight excluding hydrogens is 262 g/mol. The lowest BCUT2D eigenvalue weighted by Gasteiger charge is -2.06. The van der Waals surface area contributed by atoms with Gasteiger partial charge in [-0.3, -0.25) is 9.89 Å². The third kappa shape index (κ3) is 2.96. The maximum Gasteiger partial charge on any atom is 0.224 e. The van der Waals surface area contributed by atoms with Crippen molar-refractivity contribution in [2.45, 2.75) is 26.7 Å². The van der Waals surface area contributed by atoms with Gasteiger partial charge >= 0.3 is 0 Å². The molecule has 1 heterocycles. The third-order valence-electron chi connectivity index (χ3n) is 2.90. The van der Waals surface area contributed by atoms with Crippen LogP contribution in [0.2, 0.25) is 5.02 Å². The van der Waals surface area contributed by atoms with Crippen molar-refractivity contribution in [1.82, 2.24) is 10.2 Å². The number of benzene rings is 1. The van der Waals surface area contributed by atoms with Gasteiger partial charge in [0.15, 0.2) is 0 Å². The van der Waals surface area contributed by atoms with Gasteiger partial charge in [0.05, 0.1) is 11.4 Å². The Labute approximate surface area is 117 Å². The molecule has 2 aromatic rings. The summed E-state index contributed by atoms with van der Waals surface area (Å²) in [6, 6.07) is 7.39. The van der Waals surface area contributed by atoms with Gasteiger partial charge in [0.1, 0.15) is 5.69 Å². The zero-order valence-electron chi connectivity index (χ0n) is 11.0. The Morgan fingerprint density at radius 3 is 2.58 bits per heavy atom. The van der Waals surface area contributed by atoms with Gasteiger partial charge in [-0.25, -0.2) is 0 Å². The zero-order chi connectivity index (χ0) is 13.8. The SMILES string of the molecule is CCC(=O)Nc1c(-c2ccc(Cl)cc2)n[nH]c1CC. The lowest BCUT2D eigenvalue weighted by molar-refractivity contribution is -0.115. The van der Waals surface area contributed by atoms with E-state index in [-0.39, 0.29) is 5.91 Å². The molecule has 0 aliphatic heterocycles. The van der Waals surface area contributed by atoms with Gasteiger partial charge in [0.25, 0.3) is 0 Å². The van der Waals surface area contributed by atoms with E-state index in [1.807, 2.05) is 38.1 Å². The number of aromatic amines is 1. The van der Waals surface area contributed by atoms with E-state index >= 15 is 0 Å². The van der Waals surface area contributed by atoms with Crippen molar-refractivity contribution in [3.05, 3.63) is 35.0 Å². The number of halogens is 1. The summed E-state index contributed by atoms with van der Waals surface area (Å²) in [5.41, 5.74) is 3.35. The summed E-state index contributed by atoms with van der Waals surface area (Å²) in [6.07, 6.45) is 1.22. The summed E-state index contributed by atoms with van der Waals surface area (Å²) in [5, 5.41) is 10.8. The fourth-order valence-electron chi connectivity index (χ4n) is 1.81. The third-order valence-corrected chi connectivity index (χ3v) is 3.15. The Bertz CT molecular complexity index is 575. The van der Waals surface area contributed by atoms with Crippen LogP contribution in [0, 0.1) is 0 Å². The van der Waals surface area contributed by atoms with E-state index in [1.54, 1.807) is 0 Å². The van der Waals surface area contributed by atoms with Crippen molar-refractivity contribution in [3.8, 4) is 11.3 Å². The van der Waals surface area contributed by atoms with Crippen molar-refractivity contribution >= 4 is 23.2 Å². The van der Waals surface area contributed by atoms with Crippen LogP contribution in [0.4, 0.5) is 5.69 Å². The van der Waals surface area contributed by atoms with Crippen LogP contribution in [0.25, 0.3) is 11.3 Å². The lowest BCUT2D eigenvalue weighted by atomic mass is 10.1. The summed E-state index contributed by atoms with van der Waals surface area (Å²) in [4.78, 5) is 11.6. The molecule has 1 amide bonds. The van der Waals surface area contributed by atoms with E-state index in [4.69, 9.17) is 11.6 Å². The molecule has 0 bridgehead atoms. The Morgan fingerprint density at radius 1 is 1.32 bits per heavy atom. The summed E-state index contributed by atoms with van der Waals surface area (Å²) < 4.78 is 0. The predicted molar refractivity (Wildman–Crippen MR) is 77.3 cm³/mol. The molecule has 4 nitrogen and oxygen atoms in total. The molecule has 5 heteroatoms. The highest BCUT2D eigenvalue weighted by molar-refractivity contribution is 6.30. The van der Waals surface area contributed by atoms with E-state index in [0.717, 1.165) is 29.1 Å². The quantitative estimate of drug-likeness (QED) is 0.896. The highest BCUT2D eigenvalue weighted by atomic mass is 35.5. The van der Waals surface area contributed by atoms with Gasteiger partial charge in [-0.1, -0.05) is 37.6 Å². The molecule has 0 fully saturated rings. The predicted octanol–water partition coefficient (Wildman–Crippen LogP) is 3.64. The first-order chi connectivity index (χ1) is 9.15. The number of aromatic nitrogens is 2. The molecule has 0 atom stereocenters. The zero-order valence-corrected chi connectivity index (χ0v) is 11.7. The molecule has 0 aliphatic carbocycles. The Morgan fingerprint density at radius 2 is 2.00 bits per heavy atom. The molecule has 2 N–H and O–H groups in total. The number of H-pyrrole nitrogens is 1. The summed E-state index contributed by atoms with van der Waals surface area (Å²) >= 11 is 5.88. The Hall–Kier alpha value is -1.81. The number of hydrogen-bond donors (Lipinski definition) is 2. The lowest BCUT2D eigenvalue weighted by Crippen LogP contribution is -2.11. The molecule has 0 aliphatic rings. The molecule has 1 aromatic carbocycles. The second-order valence-corrected chi connectivity index (χ2v) is 4.62. The molecule has 1 aromatic heterocycles. The number of carbonyl (C=O) groups is 1. The van der Waals surface area contributed by atoms with Crippen LogP contribution in [0.3, 0.4) is 0 Å². The van der Waals surface area contributed by atoms with Crippen molar-refractivity contribution in [3.63, 3.8) is 0 Å². The summed E-state index contributed by atoms with van der Waals surface area (Å²) in [7, 11) is 0. The van der Waals surface area contributed by atoms with Crippen LogP contribution >= 0.6 is 11.6 Å². The van der Waals surface area contributed by atoms with Crippen LogP contribution < -0.4 is 5.32 Å². The first-order valence-electron chi connectivity index (χ1n) is 6.28. The molecular formula is C14H16ClN3O. The minimum absolute atomic E-state index is 0.0219. The van der Waals surface area contributed by atoms with E-state index in [1.165, 1.54) is 0 Å². The van der Waals surface area contributed by atoms with E-state index < -0.39 is 0 Å². The molecule has 0 saturated carbocycles. The first kappa shape index (κ1) is 13.6. The van der Waals surface area contributed by atoms with Gasteiger partial charge in [0, 0.05) is 17.0 Å². The summed E-state index contributed by atoms with van der Waals surface area (Å²) in [6.45, 7) is 3.84. The fraction of sp³-hybridized carbons (Fsp3) is 0.286. The summed E-state index contributed by atoms with van der Waals surface area (Å²) in [5.74, 6) is -0.0219. The standard InChI is InChI=1S/C14H16ClN3O/c1-3-11-14(16-12(19)4-2)13(18-17-11)9-5-7-10(15)8-6-9/h5-8H,3-4H2,1-2H3,(H,16,19)(H,17,18). The van der Waals surface area contributed by atoms with Crippen LogP contribution in [0.5, 0.6) is 0 Å². The number of amides is 1. The van der Waals surface area contributed by atoms with Crippen molar-refractivity contribution < 1.29 is 4.79 Å². The molecule has 19 heavy (non-hydrogen) atoms. The van der Waals surface area contributed by atoms with Gasteiger partial charge in [-0.2, -0.15) is 5.10 Å². The number of hydrogen-bond acceptors (Lipinski definition) is 2. The van der Waals surface area contributed by atoms with Crippen LogP contribution in [-0.4, -0.2) is 16.1 Å². The van der Waals surface area contributed by atoms with Crippen LogP contribution in [-0.2, 0) is 11.2 Å². The number of nitrogens with one attached hydrogen (secondary N) is 2. The normalized spacial score (nSPS) is 10.5. The van der Waals surface area contributed by atoms with Gasteiger partial charge < -0.3 is 5.32 Å². The van der Waals surface area contributed by atoms with Gasteiger partial charge in [0.2, 0.25) is 5.91 Å². The maximum absolute atomic E-state index is 11.6. The van der Waals surface area contributed by atoms with E-state index in [2.05, 4.69) is 15.5 Å². The van der Waals surface area contributed by atoms with Crippen molar-refractivity contribution in [2.24, 2.45) is 0 Å². The molecule has 0 radical (unpaired) electrons. The van der Waals surface area contributed by atoms with Crippen molar-refractivity contribution in [1.29, 1.82) is 0 Å². The monoisotopic (exact) mass is 277 g/mol. The van der Waals surface area contributed by atoms with Gasteiger partial charge in [-0.05, 0) is 18.6 Å². The number of anilines is 1. The second kappa shape index (κ2) is 5.89. The number of nitrogens with zero attached hydrogens (tertiary/aromatic N) is 1. The second-order valence-electron chi connectivity index (χ2n) is 4.19. The highest BCUT2D eigenvalue weighted by Crippen LogP contribution is 2.30. The first-order valence-corrected chi connectivity index (χ1v) is 6.66. The molecule has 2 rings (SSSR count). The van der Waals surface area contributed by atoms with Crippen molar-refractivity contribution in [2.75, 3.05) is 5.32 Å². The number of carbonyl (C=O) groups excluding carboxylic acids is 1. The molecule has 0 unspecified atom stereocenters. The Kier molecular flexibility index (Phi) is 4.22. The number of aryl methyl sites for hydroxylation is 1. The molecule has 0 spiro atoms. The fourth-order valence-corrected chi connectivity index (χ4v) is 1.94. The highest BCUT2D eigenvalue weighted by Gasteiger charge is 2.15. The minimum atomic E-state index is -0.0219. The number of rotatable bonds is 4. The smallest absolute Gasteiger partial charge is 0.224 e. The largest absolute Gasteiger partial charge is 0.323 e. The maximum atomic E-state index is 11.6. The average molecular weight is 278 g/mol. The van der Waals surface area contributed by atoms with E-state index in [9.17, 15) is 4.79 Å². The van der Waals surface area contributed by atoms with Gasteiger partial charge in [-0.15, -0.1) is 0 Å². The van der Waals surface area contributed by atoms with Crippen LogP contribution in [0.1, 0.15) is 26.0 Å². The van der Waals surface area contributed by atoms with E-state index in [0.29, 0.717) is 11.4 Å². The minimum Gasteiger partial charge on any atom is -0.323 e. The molecule has 0 saturated heterocycles. The van der Waals surface area contributed by atoms with Crippen LogP contribution in [0.15, 0.2) is 24.3 Å². The Balaban J connectivity index is 2.42. The molecule has 100 valence electrons. The topological polar surface area (TPSA) is 57.8 Å².